The van der Waals surface area contributed by atoms with E-state index in [1.54, 1.807) is 12.1 Å². The molecule has 2 aromatic rings. The lowest BCUT2D eigenvalue weighted by atomic mass is 10.1. The lowest BCUT2D eigenvalue weighted by Gasteiger charge is -2.16. The van der Waals surface area contributed by atoms with Crippen molar-refractivity contribution < 1.29 is 17.9 Å². The van der Waals surface area contributed by atoms with Gasteiger partial charge in [0.1, 0.15) is 17.5 Å². The van der Waals surface area contributed by atoms with E-state index < -0.39 is 12.2 Å². The number of alkyl halides is 3. The van der Waals surface area contributed by atoms with Crippen LogP contribution >= 0.6 is 0 Å². The number of halogens is 3. The van der Waals surface area contributed by atoms with E-state index in [0.29, 0.717) is 11.5 Å². The van der Waals surface area contributed by atoms with Gasteiger partial charge in [-0.1, -0.05) is 30.3 Å². The average Bonchev–Trinajstić information content (AvgIpc) is 2.39. The fourth-order valence-corrected chi connectivity index (χ4v) is 1.56. The third kappa shape index (κ3) is 3.48. The fraction of sp³-hybridized carbons (Fsp3) is 0.143. The molecule has 0 aliphatic rings. The Kier molecular flexibility index (Phi) is 3.76. The Balaban J connectivity index is 2.11. The lowest BCUT2D eigenvalue weighted by molar-refractivity contribution is -0.149. The largest absolute Gasteiger partial charge is 0.457 e. The lowest BCUT2D eigenvalue weighted by Crippen LogP contribution is -2.28. The van der Waals surface area contributed by atoms with Crippen LogP contribution in [0.5, 0.6) is 11.5 Å². The summed E-state index contributed by atoms with van der Waals surface area (Å²) < 4.78 is 42.8. The Morgan fingerprint density at radius 3 is 1.89 bits per heavy atom. The monoisotopic (exact) mass is 267 g/mol. The molecule has 0 saturated heterocycles. The first-order valence-electron chi connectivity index (χ1n) is 5.62. The second kappa shape index (κ2) is 5.32. The Morgan fingerprint density at radius 2 is 1.37 bits per heavy atom. The molecule has 0 aliphatic heterocycles. The second-order valence-corrected chi connectivity index (χ2v) is 4.00. The minimum Gasteiger partial charge on any atom is -0.457 e. The van der Waals surface area contributed by atoms with E-state index in [-0.39, 0.29) is 5.56 Å². The van der Waals surface area contributed by atoms with Crippen LogP contribution in [-0.4, -0.2) is 6.18 Å². The Labute approximate surface area is 108 Å². The summed E-state index contributed by atoms with van der Waals surface area (Å²) in [7, 11) is 0. The Bertz CT molecular complexity index is 523. The Hall–Kier alpha value is -2.01. The minimum atomic E-state index is -4.44. The molecule has 19 heavy (non-hydrogen) atoms. The Morgan fingerprint density at radius 1 is 0.842 bits per heavy atom. The standard InChI is InChI=1S/C14H12F3NO/c15-14(16,17)13(18)10-6-8-12(9-7-10)19-11-4-2-1-3-5-11/h1-9,13H,18H2/t13-/m0/s1. The highest BCUT2D eigenvalue weighted by Gasteiger charge is 2.37. The molecule has 100 valence electrons. The van der Waals surface area contributed by atoms with E-state index in [1.165, 1.54) is 24.3 Å². The molecule has 0 bridgehead atoms. The first-order chi connectivity index (χ1) is 8.97. The highest BCUT2D eigenvalue weighted by atomic mass is 19.4. The number of hydrogen-bond donors (Lipinski definition) is 1. The zero-order chi connectivity index (χ0) is 13.9. The van der Waals surface area contributed by atoms with Gasteiger partial charge in [0.05, 0.1) is 0 Å². The van der Waals surface area contributed by atoms with Crippen LogP contribution < -0.4 is 10.5 Å². The molecule has 0 radical (unpaired) electrons. The number of ether oxygens (including phenoxy) is 1. The van der Waals surface area contributed by atoms with Crippen molar-refractivity contribution in [1.82, 2.24) is 0 Å². The van der Waals surface area contributed by atoms with Crippen molar-refractivity contribution in [2.45, 2.75) is 12.2 Å². The fourth-order valence-electron chi connectivity index (χ4n) is 1.56. The molecule has 0 fully saturated rings. The second-order valence-electron chi connectivity index (χ2n) is 4.00. The highest BCUT2D eigenvalue weighted by Crippen LogP contribution is 2.31. The quantitative estimate of drug-likeness (QED) is 0.910. The summed E-state index contributed by atoms with van der Waals surface area (Å²) in [6.07, 6.45) is -4.44. The summed E-state index contributed by atoms with van der Waals surface area (Å²) in [6, 6.07) is 12.6. The van der Waals surface area contributed by atoms with E-state index >= 15 is 0 Å². The van der Waals surface area contributed by atoms with Gasteiger partial charge in [-0.25, -0.2) is 0 Å². The number of hydrogen-bond acceptors (Lipinski definition) is 2. The predicted octanol–water partition coefficient (Wildman–Crippen LogP) is 4.04. The van der Waals surface area contributed by atoms with Gasteiger partial charge in [-0.3, -0.25) is 0 Å². The van der Waals surface area contributed by atoms with Gasteiger partial charge in [0.15, 0.2) is 0 Å². The van der Waals surface area contributed by atoms with Gasteiger partial charge in [-0.2, -0.15) is 13.2 Å². The molecule has 0 amide bonds. The maximum absolute atomic E-state index is 12.4. The van der Waals surface area contributed by atoms with Crippen LogP contribution in [0.4, 0.5) is 13.2 Å². The van der Waals surface area contributed by atoms with Gasteiger partial charge in [-0.15, -0.1) is 0 Å². The van der Waals surface area contributed by atoms with Crippen LogP contribution in [0.1, 0.15) is 11.6 Å². The summed E-state index contributed by atoms with van der Waals surface area (Å²) >= 11 is 0. The van der Waals surface area contributed by atoms with E-state index in [0.717, 1.165) is 0 Å². The van der Waals surface area contributed by atoms with Crippen molar-refractivity contribution >= 4 is 0 Å². The molecule has 0 saturated carbocycles. The molecule has 0 aromatic heterocycles. The van der Waals surface area contributed by atoms with Crippen LogP contribution in [0.2, 0.25) is 0 Å². The number of benzene rings is 2. The smallest absolute Gasteiger partial charge is 0.407 e. The van der Waals surface area contributed by atoms with Crippen molar-refractivity contribution in [3.05, 3.63) is 60.2 Å². The average molecular weight is 267 g/mol. The van der Waals surface area contributed by atoms with Gasteiger partial charge < -0.3 is 10.5 Å². The maximum atomic E-state index is 12.4. The van der Waals surface area contributed by atoms with Crippen molar-refractivity contribution in [2.24, 2.45) is 5.73 Å². The number of para-hydroxylation sites is 1. The van der Waals surface area contributed by atoms with Crippen LogP contribution in [0.15, 0.2) is 54.6 Å². The van der Waals surface area contributed by atoms with Crippen LogP contribution in [-0.2, 0) is 0 Å². The van der Waals surface area contributed by atoms with E-state index in [1.807, 2.05) is 18.2 Å². The van der Waals surface area contributed by atoms with E-state index in [2.05, 4.69) is 0 Å². The molecule has 5 heteroatoms. The van der Waals surface area contributed by atoms with Gasteiger partial charge in [0.25, 0.3) is 0 Å². The summed E-state index contributed by atoms with van der Waals surface area (Å²) in [5.74, 6) is 1.08. The van der Waals surface area contributed by atoms with Gasteiger partial charge in [0, 0.05) is 0 Å². The van der Waals surface area contributed by atoms with Crippen molar-refractivity contribution in [3.8, 4) is 11.5 Å². The first-order valence-corrected chi connectivity index (χ1v) is 5.62. The molecule has 2 N–H and O–H groups in total. The van der Waals surface area contributed by atoms with Crippen molar-refractivity contribution in [1.29, 1.82) is 0 Å². The van der Waals surface area contributed by atoms with Crippen LogP contribution in [0.3, 0.4) is 0 Å². The summed E-state index contributed by atoms with van der Waals surface area (Å²) in [4.78, 5) is 0. The van der Waals surface area contributed by atoms with Crippen LogP contribution in [0.25, 0.3) is 0 Å². The SMILES string of the molecule is N[C@@H](c1ccc(Oc2ccccc2)cc1)C(F)(F)F. The van der Waals surface area contributed by atoms with Crippen molar-refractivity contribution in [2.75, 3.05) is 0 Å². The topological polar surface area (TPSA) is 35.2 Å². The molecular formula is C14H12F3NO. The molecule has 2 rings (SSSR count). The highest BCUT2D eigenvalue weighted by molar-refractivity contribution is 5.34. The zero-order valence-corrected chi connectivity index (χ0v) is 9.89. The van der Waals surface area contributed by atoms with Gasteiger partial charge >= 0.3 is 6.18 Å². The van der Waals surface area contributed by atoms with Gasteiger partial charge in [0.2, 0.25) is 0 Å². The maximum Gasteiger partial charge on any atom is 0.407 e. The third-order valence-corrected chi connectivity index (χ3v) is 2.57. The molecule has 0 unspecified atom stereocenters. The normalized spacial score (nSPS) is 13.1. The third-order valence-electron chi connectivity index (χ3n) is 2.57. The summed E-state index contributed by atoms with van der Waals surface area (Å²) in [5, 5.41) is 0. The molecule has 0 spiro atoms. The predicted molar refractivity (Wildman–Crippen MR) is 65.9 cm³/mol. The molecule has 1 atom stereocenters. The van der Waals surface area contributed by atoms with E-state index in [4.69, 9.17) is 10.5 Å². The van der Waals surface area contributed by atoms with Gasteiger partial charge in [-0.05, 0) is 29.8 Å². The van der Waals surface area contributed by atoms with E-state index in [9.17, 15) is 13.2 Å². The molecule has 2 aromatic carbocycles. The number of nitrogens with two attached hydrogens (primary N) is 1. The summed E-state index contributed by atoms with van der Waals surface area (Å²) in [5.41, 5.74) is 5.12. The summed E-state index contributed by atoms with van der Waals surface area (Å²) in [6.45, 7) is 0. The molecular weight excluding hydrogens is 255 g/mol. The molecule has 0 aliphatic carbocycles. The first kappa shape index (κ1) is 13.4. The van der Waals surface area contributed by atoms with Crippen LogP contribution in [0, 0.1) is 0 Å². The zero-order valence-electron chi connectivity index (χ0n) is 9.89. The molecule has 2 nitrogen and oxygen atoms in total. The minimum absolute atomic E-state index is 0.00733. The number of rotatable bonds is 3. The van der Waals surface area contributed by atoms with Crippen molar-refractivity contribution in [3.63, 3.8) is 0 Å². The molecule has 0 heterocycles.